The van der Waals surface area contributed by atoms with Crippen molar-refractivity contribution >= 4 is 34.5 Å². The van der Waals surface area contributed by atoms with Crippen molar-refractivity contribution in [3.8, 4) is 11.5 Å². The summed E-state index contributed by atoms with van der Waals surface area (Å²) < 4.78 is 34.1. The first-order valence-electron chi connectivity index (χ1n) is 5.43. The number of alkyl halides is 2. The Labute approximate surface area is 126 Å². The monoisotopic (exact) mass is 335 g/mol. The third-order valence-corrected chi connectivity index (χ3v) is 3.26. The van der Waals surface area contributed by atoms with Crippen LogP contribution in [0.25, 0.3) is 0 Å². The predicted octanol–water partition coefficient (Wildman–Crippen LogP) is 3.05. The number of rotatable bonds is 5. The maximum Gasteiger partial charge on any atom is 0.387 e. The van der Waals surface area contributed by atoms with Gasteiger partial charge in [-0.05, 0) is 23.7 Å². The van der Waals surface area contributed by atoms with Gasteiger partial charge in [0.2, 0.25) is 9.47 Å². The van der Waals surface area contributed by atoms with Crippen LogP contribution in [0.4, 0.5) is 14.5 Å². The minimum absolute atomic E-state index is 0.00850. The first-order chi connectivity index (χ1) is 9.99. The fourth-order valence-corrected chi connectivity index (χ4v) is 2.13. The first-order valence-corrected chi connectivity index (χ1v) is 6.62. The van der Waals surface area contributed by atoms with Crippen LogP contribution in [-0.2, 0) is 0 Å². The summed E-state index contributed by atoms with van der Waals surface area (Å²) >= 11 is 6.43. The van der Waals surface area contributed by atoms with Crippen molar-refractivity contribution in [1.29, 1.82) is 0 Å². The van der Waals surface area contributed by atoms with E-state index in [2.05, 4.69) is 20.3 Å². The number of aromatic nitrogens is 2. The molecule has 21 heavy (non-hydrogen) atoms. The zero-order valence-electron chi connectivity index (χ0n) is 10.5. The molecule has 6 nitrogen and oxygen atoms in total. The number of methoxy groups -OCH3 is 1. The van der Waals surface area contributed by atoms with Crippen LogP contribution >= 0.6 is 22.9 Å². The van der Waals surface area contributed by atoms with Crippen molar-refractivity contribution in [3.05, 3.63) is 27.7 Å². The third kappa shape index (κ3) is 3.99. The molecule has 0 fully saturated rings. The average molecular weight is 336 g/mol. The van der Waals surface area contributed by atoms with Gasteiger partial charge in [0.05, 0.1) is 12.8 Å². The van der Waals surface area contributed by atoms with Gasteiger partial charge in [0.15, 0.2) is 0 Å². The molecule has 0 atom stereocenters. The molecule has 0 aliphatic heterocycles. The minimum Gasteiger partial charge on any atom is -0.497 e. The number of halogens is 3. The van der Waals surface area contributed by atoms with Gasteiger partial charge in [-0.3, -0.25) is 4.79 Å². The van der Waals surface area contributed by atoms with Crippen LogP contribution in [0.1, 0.15) is 9.80 Å². The van der Waals surface area contributed by atoms with E-state index in [-0.39, 0.29) is 20.9 Å². The molecule has 0 bridgehead atoms. The molecular weight excluding hydrogens is 328 g/mol. The number of carbonyl (C=O) groups excluding carboxylic acids is 1. The second-order valence-corrected chi connectivity index (χ2v) is 5.11. The molecule has 0 aliphatic rings. The lowest BCUT2D eigenvalue weighted by molar-refractivity contribution is -0.0494. The summed E-state index contributed by atoms with van der Waals surface area (Å²) in [5.41, 5.74) is 0.0194. The molecule has 10 heteroatoms. The average Bonchev–Trinajstić information content (AvgIpc) is 2.87. The van der Waals surface area contributed by atoms with Crippen LogP contribution < -0.4 is 14.8 Å². The molecule has 2 rings (SSSR count). The number of benzene rings is 1. The number of nitrogens with zero attached hydrogens (tertiary/aromatic N) is 2. The van der Waals surface area contributed by atoms with E-state index in [4.69, 9.17) is 16.3 Å². The third-order valence-electron chi connectivity index (χ3n) is 2.25. The Morgan fingerprint density at radius 3 is 2.76 bits per heavy atom. The Morgan fingerprint density at radius 2 is 2.19 bits per heavy atom. The fraction of sp³-hybridized carbons (Fsp3) is 0.182. The Morgan fingerprint density at radius 1 is 1.43 bits per heavy atom. The lowest BCUT2D eigenvalue weighted by atomic mass is 10.2. The van der Waals surface area contributed by atoms with Crippen molar-refractivity contribution in [1.82, 2.24) is 10.2 Å². The molecule has 0 spiro atoms. The summed E-state index contributed by atoms with van der Waals surface area (Å²) in [5, 5.41) is 9.41. The van der Waals surface area contributed by atoms with E-state index in [1.165, 1.54) is 25.3 Å². The Balaban J connectivity index is 2.25. The second-order valence-electron chi connectivity index (χ2n) is 3.55. The van der Waals surface area contributed by atoms with Crippen molar-refractivity contribution in [2.75, 3.05) is 12.4 Å². The molecule has 1 aromatic carbocycles. The standard InChI is InChI=1S/C11H8ClF2N3O3S/c1-19-5-2-3-7(20-11(13)14)6(4-5)15-8(18)9-16-17-10(12)21-9/h2-4,11H,1H3,(H,15,18). The van der Waals surface area contributed by atoms with E-state index in [9.17, 15) is 13.6 Å². The molecule has 1 aromatic heterocycles. The summed E-state index contributed by atoms with van der Waals surface area (Å²) in [7, 11) is 1.40. The Hall–Kier alpha value is -2.00. The van der Waals surface area contributed by atoms with Crippen molar-refractivity contribution in [2.24, 2.45) is 0 Å². The lowest BCUT2D eigenvalue weighted by Crippen LogP contribution is -2.14. The predicted molar refractivity (Wildman–Crippen MR) is 72.5 cm³/mol. The van der Waals surface area contributed by atoms with Crippen LogP contribution in [0.5, 0.6) is 11.5 Å². The summed E-state index contributed by atoms with van der Waals surface area (Å²) in [6, 6.07) is 4.03. The van der Waals surface area contributed by atoms with Gasteiger partial charge in [0.25, 0.3) is 5.91 Å². The molecule has 2 aromatic rings. The van der Waals surface area contributed by atoms with Gasteiger partial charge in [-0.2, -0.15) is 8.78 Å². The van der Waals surface area contributed by atoms with Gasteiger partial charge in [-0.15, -0.1) is 10.2 Å². The minimum atomic E-state index is -3.02. The molecule has 0 aliphatic carbocycles. The maximum absolute atomic E-state index is 12.3. The summed E-state index contributed by atoms with van der Waals surface area (Å²) in [6.45, 7) is -3.02. The van der Waals surface area contributed by atoms with Gasteiger partial charge in [-0.1, -0.05) is 11.3 Å². The molecule has 0 radical (unpaired) electrons. The van der Waals surface area contributed by atoms with Gasteiger partial charge in [0.1, 0.15) is 11.5 Å². The van der Waals surface area contributed by atoms with Crippen molar-refractivity contribution in [2.45, 2.75) is 6.61 Å². The SMILES string of the molecule is COc1ccc(OC(F)F)c(NC(=O)c2nnc(Cl)s2)c1. The largest absolute Gasteiger partial charge is 0.497 e. The number of hydrogen-bond acceptors (Lipinski definition) is 6. The molecule has 1 amide bonds. The highest BCUT2D eigenvalue weighted by Crippen LogP contribution is 2.31. The molecule has 112 valence electrons. The zero-order valence-corrected chi connectivity index (χ0v) is 12.0. The number of carbonyl (C=O) groups is 1. The number of amides is 1. The normalized spacial score (nSPS) is 10.5. The van der Waals surface area contributed by atoms with Gasteiger partial charge in [-0.25, -0.2) is 0 Å². The van der Waals surface area contributed by atoms with E-state index in [0.29, 0.717) is 5.75 Å². The molecule has 1 heterocycles. The smallest absolute Gasteiger partial charge is 0.387 e. The molecule has 0 saturated heterocycles. The van der Waals surface area contributed by atoms with Crippen LogP contribution in [0.3, 0.4) is 0 Å². The molecular formula is C11H8ClF2N3O3S. The fourth-order valence-electron chi connectivity index (χ4n) is 1.41. The number of nitrogens with one attached hydrogen (secondary N) is 1. The number of hydrogen-bond donors (Lipinski definition) is 1. The lowest BCUT2D eigenvalue weighted by Gasteiger charge is -2.12. The summed E-state index contributed by atoms with van der Waals surface area (Å²) in [6.07, 6.45) is 0. The van der Waals surface area contributed by atoms with E-state index in [1.54, 1.807) is 0 Å². The molecule has 1 N–H and O–H groups in total. The zero-order chi connectivity index (χ0) is 15.4. The second kappa shape index (κ2) is 6.64. The van der Waals surface area contributed by atoms with Crippen molar-refractivity contribution in [3.63, 3.8) is 0 Å². The summed E-state index contributed by atoms with van der Waals surface area (Å²) in [5.74, 6) is -0.483. The van der Waals surface area contributed by atoms with Crippen LogP contribution in [0.2, 0.25) is 4.47 Å². The van der Waals surface area contributed by atoms with Crippen LogP contribution in [0, 0.1) is 0 Å². The van der Waals surface area contributed by atoms with Crippen molar-refractivity contribution < 1.29 is 23.0 Å². The highest BCUT2D eigenvalue weighted by Gasteiger charge is 2.17. The van der Waals surface area contributed by atoms with Gasteiger partial charge >= 0.3 is 6.61 Å². The van der Waals surface area contributed by atoms with E-state index in [0.717, 1.165) is 11.3 Å². The number of ether oxygens (including phenoxy) is 2. The molecule has 0 unspecified atom stereocenters. The first kappa shape index (κ1) is 15.4. The maximum atomic E-state index is 12.3. The highest BCUT2D eigenvalue weighted by atomic mass is 35.5. The van der Waals surface area contributed by atoms with Gasteiger partial charge in [0, 0.05) is 6.07 Å². The highest BCUT2D eigenvalue weighted by molar-refractivity contribution is 7.17. The van der Waals surface area contributed by atoms with E-state index in [1.807, 2.05) is 0 Å². The Kier molecular flexibility index (Phi) is 4.86. The quantitative estimate of drug-likeness (QED) is 0.909. The summed E-state index contributed by atoms with van der Waals surface area (Å²) in [4.78, 5) is 11.9. The van der Waals surface area contributed by atoms with Crippen LogP contribution in [-0.4, -0.2) is 29.8 Å². The Bertz CT molecular complexity index is 653. The van der Waals surface area contributed by atoms with E-state index >= 15 is 0 Å². The molecule has 0 saturated carbocycles. The number of anilines is 1. The van der Waals surface area contributed by atoms with Gasteiger partial charge < -0.3 is 14.8 Å². The van der Waals surface area contributed by atoms with E-state index < -0.39 is 12.5 Å². The van der Waals surface area contributed by atoms with Crippen LogP contribution in [0.15, 0.2) is 18.2 Å². The topological polar surface area (TPSA) is 73.3 Å².